The lowest BCUT2D eigenvalue weighted by atomic mass is 10.1. The maximum atomic E-state index is 2.38. The second kappa shape index (κ2) is 21.2. The van der Waals surface area contributed by atoms with Gasteiger partial charge in [-0.3, -0.25) is 0 Å². The summed E-state index contributed by atoms with van der Waals surface area (Å²) in [5.74, 6) is 0. The Kier molecular flexibility index (Phi) is 23.9. The molecule has 0 amide bonds. The third-order valence-electron chi connectivity index (χ3n) is 5.69. The zero-order chi connectivity index (χ0) is 17.9. The van der Waals surface area contributed by atoms with E-state index < -0.39 is 7.26 Å². The maximum absolute atomic E-state index is 2.38. The molecule has 0 saturated carbocycles. The van der Waals surface area contributed by atoms with E-state index in [-0.39, 0.29) is 17.0 Å². The van der Waals surface area contributed by atoms with E-state index in [0.717, 1.165) is 0 Å². The summed E-state index contributed by atoms with van der Waals surface area (Å²) in [6.45, 7) is 9.46. The van der Waals surface area contributed by atoms with Crippen LogP contribution in [-0.2, 0) is 0 Å². The summed E-state index contributed by atoms with van der Waals surface area (Å²) in [5, 5.41) is 0. The molecule has 0 aromatic heterocycles. The Morgan fingerprint density at radius 2 is 0.640 bits per heavy atom. The molecule has 154 valence electrons. The van der Waals surface area contributed by atoms with E-state index in [1.807, 2.05) is 0 Å². The van der Waals surface area contributed by atoms with Gasteiger partial charge < -0.3 is 17.0 Å². The van der Waals surface area contributed by atoms with E-state index in [4.69, 9.17) is 0 Å². The molecular weight excluding hydrogens is 387 g/mol. The van der Waals surface area contributed by atoms with E-state index in [2.05, 4.69) is 27.7 Å². The fraction of sp³-hybridized carbons (Fsp3) is 1.00. The molecule has 0 spiro atoms. The summed E-state index contributed by atoms with van der Waals surface area (Å²) in [5.41, 5.74) is 0. The monoisotopic (exact) mass is 436 g/mol. The van der Waals surface area contributed by atoms with Gasteiger partial charge in [0.05, 0.1) is 24.6 Å². The third-order valence-corrected chi connectivity index (χ3v) is 10.8. The van der Waals surface area contributed by atoms with Gasteiger partial charge >= 0.3 is 0 Å². The lowest BCUT2D eigenvalue weighted by Gasteiger charge is -2.28. The van der Waals surface area contributed by atoms with Crippen LogP contribution in [0.5, 0.6) is 0 Å². The Balaban J connectivity index is 0. The molecular formula is C23H50BrP. The van der Waals surface area contributed by atoms with Crippen molar-refractivity contribution >= 4 is 7.26 Å². The van der Waals surface area contributed by atoms with E-state index in [0.29, 0.717) is 0 Å². The minimum absolute atomic E-state index is 0. The van der Waals surface area contributed by atoms with Gasteiger partial charge in [-0.25, -0.2) is 0 Å². The minimum Gasteiger partial charge on any atom is -1.00 e. The van der Waals surface area contributed by atoms with Crippen molar-refractivity contribution in [2.24, 2.45) is 0 Å². The summed E-state index contributed by atoms with van der Waals surface area (Å²) >= 11 is 0. The highest BCUT2D eigenvalue weighted by Crippen LogP contribution is 2.61. The standard InChI is InChI=1S/C23H50P.BrH/c1-5-9-13-14-15-16-17-18-19-23-24(20-10-6-2,21-11-7-3)22-12-8-4;/h5-23H2,1-4H3;1H/q+1;/p-1. The Labute approximate surface area is 172 Å². The summed E-state index contributed by atoms with van der Waals surface area (Å²) < 4.78 is 0. The lowest BCUT2D eigenvalue weighted by molar-refractivity contribution is -0.00000557. The smallest absolute Gasteiger partial charge is 0.0594 e. The molecule has 0 aromatic carbocycles. The van der Waals surface area contributed by atoms with Crippen LogP contribution in [0.25, 0.3) is 0 Å². The lowest BCUT2D eigenvalue weighted by Crippen LogP contribution is -3.00. The quantitative estimate of drug-likeness (QED) is 0.173. The number of halogens is 1. The first-order chi connectivity index (χ1) is 11.7. The molecule has 0 N–H and O–H groups in total. The van der Waals surface area contributed by atoms with E-state index in [9.17, 15) is 0 Å². The molecule has 0 atom stereocenters. The second-order valence-electron chi connectivity index (χ2n) is 8.13. The molecule has 0 aliphatic heterocycles. The van der Waals surface area contributed by atoms with Gasteiger partial charge in [-0.05, 0) is 32.1 Å². The average Bonchev–Trinajstić information content (AvgIpc) is 2.61. The van der Waals surface area contributed by atoms with Gasteiger partial charge in [0.15, 0.2) is 0 Å². The summed E-state index contributed by atoms with van der Waals surface area (Å²) in [7, 11) is -0.616. The molecule has 0 radical (unpaired) electrons. The fourth-order valence-electron chi connectivity index (χ4n) is 3.91. The molecule has 0 aliphatic rings. The van der Waals surface area contributed by atoms with Crippen LogP contribution in [0.3, 0.4) is 0 Å². The van der Waals surface area contributed by atoms with Crippen molar-refractivity contribution in [3.63, 3.8) is 0 Å². The first kappa shape index (κ1) is 28.1. The second-order valence-corrected chi connectivity index (χ2v) is 12.6. The topological polar surface area (TPSA) is 0 Å². The van der Waals surface area contributed by atoms with E-state index in [1.54, 1.807) is 31.1 Å². The molecule has 0 saturated heterocycles. The zero-order valence-corrected chi connectivity index (χ0v) is 20.7. The molecule has 0 rings (SSSR count). The molecule has 0 aliphatic carbocycles. The number of unbranched alkanes of at least 4 members (excludes halogenated alkanes) is 11. The Hall–Kier alpha value is 0.910. The van der Waals surface area contributed by atoms with Crippen molar-refractivity contribution in [2.75, 3.05) is 24.6 Å². The van der Waals surface area contributed by atoms with Crippen molar-refractivity contribution in [1.82, 2.24) is 0 Å². The third kappa shape index (κ3) is 16.8. The van der Waals surface area contributed by atoms with Gasteiger partial charge in [-0.1, -0.05) is 91.9 Å². The molecule has 0 fully saturated rings. The van der Waals surface area contributed by atoms with Crippen molar-refractivity contribution in [3.05, 3.63) is 0 Å². The van der Waals surface area contributed by atoms with Crippen LogP contribution in [-0.4, -0.2) is 24.6 Å². The normalized spacial score (nSPS) is 11.5. The van der Waals surface area contributed by atoms with Crippen molar-refractivity contribution in [3.8, 4) is 0 Å². The van der Waals surface area contributed by atoms with Crippen molar-refractivity contribution in [1.29, 1.82) is 0 Å². The van der Waals surface area contributed by atoms with Crippen LogP contribution >= 0.6 is 7.26 Å². The molecule has 0 heterocycles. The van der Waals surface area contributed by atoms with E-state index >= 15 is 0 Å². The SMILES string of the molecule is CCCCCCCCCCC[P+](CCCC)(CCCC)CCCC.[Br-]. The predicted octanol–water partition coefficient (Wildman–Crippen LogP) is 5.94. The Morgan fingerprint density at radius 1 is 0.360 bits per heavy atom. The first-order valence-electron chi connectivity index (χ1n) is 11.6. The molecule has 0 nitrogen and oxygen atoms in total. The summed E-state index contributed by atoms with van der Waals surface area (Å²) in [6.07, 6.45) is 28.5. The fourth-order valence-corrected chi connectivity index (χ4v) is 9.11. The highest BCUT2D eigenvalue weighted by atomic mass is 79.9. The average molecular weight is 438 g/mol. The van der Waals surface area contributed by atoms with Crippen LogP contribution in [0.2, 0.25) is 0 Å². The van der Waals surface area contributed by atoms with Gasteiger partial charge in [0, 0.05) is 7.26 Å². The highest BCUT2D eigenvalue weighted by molar-refractivity contribution is 7.75. The Bertz CT molecular complexity index is 220. The molecule has 25 heavy (non-hydrogen) atoms. The molecule has 0 bridgehead atoms. The molecule has 2 heteroatoms. The van der Waals surface area contributed by atoms with Crippen LogP contribution in [0.15, 0.2) is 0 Å². The van der Waals surface area contributed by atoms with Gasteiger partial charge in [0.25, 0.3) is 0 Å². The van der Waals surface area contributed by atoms with Gasteiger partial charge in [0.2, 0.25) is 0 Å². The van der Waals surface area contributed by atoms with Gasteiger partial charge in [-0.15, -0.1) is 0 Å². The largest absolute Gasteiger partial charge is 1.00 e. The first-order valence-corrected chi connectivity index (χ1v) is 14.1. The summed E-state index contributed by atoms with van der Waals surface area (Å²) in [6, 6.07) is 0. The van der Waals surface area contributed by atoms with Gasteiger partial charge in [-0.2, -0.15) is 0 Å². The zero-order valence-electron chi connectivity index (χ0n) is 18.3. The summed E-state index contributed by atoms with van der Waals surface area (Å²) in [4.78, 5) is 0. The van der Waals surface area contributed by atoms with Crippen molar-refractivity contribution < 1.29 is 17.0 Å². The van der Waals surface area contributed by atoms with Crippen LogP contribution in [0.1, 0.15) is 124 Å². The van der Waals surface area contributed by atoms with Gasteiger partial charge in [0.1, 0.15) is 0 Å². The van der Waals surface area contributed by atoms with E-state index in [1.165, 1.54) is 89.9 Å². The molecule has 0 unspecified atom stereocenters. The minimum atomic E-state index is -0.616. The Morgan fingerprint density at radius 3 is 1.00 bits per heavy atom. The van der Waals surface area contributed by atoms with Crippen LogP contribution < -0.4 is 17.0 Å². The molecule has 0 aromatic rings. The predicted molar refractivity (Wildman–Crippen MR) is 118 cm³/mol. The number of hydrogen-bond acceptors (Lipinski definition) is 0. The highest BCUT2D eigenvalue weighted by Gasteiger charge is 2.34. The van der Waals surface area contributed by atoms with Crippen molar-refractivity contribution in [2.45, 2.75) is 124 Å². The number of rotatable bonds is 19. The van der Waals surface area contributed by atoms with Crippen LogP contribution in [0.4, 0.5) is 0 Å². The van der Waals surface area contributed by atoms with Crippen LogP contribution in [0, 0.1) is 0 Å². The maximum Gasteiger partial charge on any atom is 0.0594 e. The number of hydrogen-bond donors (Lipinski definition) is 0.